The molecule has 3 nitrogen and oxygen atoms in total. The lowest BCUT2D eigenvalue weighted by Crippen LogP contribution is -2.51. The molecule has 1 aliphatic carbocycles. The standard InChI is InChI=1S/C22H26FNO2S/c1-15-9-11-17(12-10-15)19(24-27(26)21(2,3)4)22(23)14-13-16-7-5-6-8-18(16)20(22)25/h5-12,19,24H,13-14H2,1-4H3/t19-,22+,27?/m1/s1. The van der Waals surface area contributed by atoms with Gasteiger partial charge in [-0.1, -0.05) is 54.1 Å². The van der Waals surface area contributed by atoms with Crippen LogP contribution < -0.4 is 4.72 Å². The van der Waals surface area contributed by atoms with Gasteiger partial charge in [-0.2, -0.15) is 0 Å². The third kappa shape index (κ3) is 3.90. The number of alkyl halides is 1. The maximum absolute atomic E-state index is 16.3. The summed E-state index contributed by atoms with van der Waals surface area (Å²) in [5.41, 5.74) is 0.822. The highest BCUT2D eigenvalue weighted by Gasteiger charge is 2.50. The number of ketones is 1. The Hall–Kier alpha value is -1.85. The van der Waals surface area contributed by atoms with Crippen molar-refractivity contribution in [2.45, 2.75) is 57.0 Å². The van der Waals surface area contributed by atoms with Crippen LogP contribution in [0.4, 0.5) is 4.39 Å². The lowest BCUT2D eigenvalue weighted by Gasteiger charge is -2.37. The van der Waals surface area contributed by atoms with Crippen molar-refractivity contribution in [3.05, 3.63) is 70.8 Å². The monoisotopic (exact) mass is 387 g/mol. The number of Topliss-reactive ketones (excluding diaryl/α,β-unsaturated/α-hetero) is 1. The fourth-order valence-electron chi connectivity index (χ4n) is 3.36. The van der Waals surface area contributed by atoms with E-state index in [-0.39, 0.29) is 6.42 Å². The fourth-order valence-corrected chi connectivity index (χ4v) is 4.25. The Labute approximate surface area is 163 Å². The molecule has 0 spiro atoms. The number of carbonyl (C=O) groups excluding carboxylic acids is 1. The Kier molecular flexibility index (Phi) is 5.37. The van der Waals surface area contributed by atoms with Gasteiger partial charge >= 0.3 is 0 Å². The summed E-state index contributed by atoms with van der Waals surface area (Å²) in [6.45, 7) is 7.42. The predicted molar refractivity (Wildman–Crippen MR) is 108 cm³/mol. The molecule has 0 fully saturated rings. The van der Waals surface area contributed by atoms with Crippen molar-refractivity contribution in [1.82, 2.24) is 4.72 Å². The van der Waals surface area contributed by atoms with Gasteiger partial charge in [-0.15, -0.1) is 0 Å². The number of rotatable bonds is 4. The lowest BCUT2D eigenvalue weighted by molar-refractivity contribution is 0.0534. The van der Waals surface area contributed by atoms with Crippen molar-refractivity contribution in [2.24, 2.45) is 0 Å². The number of hydrogen-bond acceptors (Lipinski definition) is 2. The molecule has 0 saturated carbocycles. The van der Waals surface area contributed by atoms with Gasteiger partial charge in [0.1, 0.15) is 0 Å². The topological polar surface area (TPSA) is 46.2 Å². The second kappa shape index (κ2) is 7.28. The van der Waals surface area contributed by atoms with E-state index in [4.69, 9.17) is 0 Å². The zero-order valence-electron chi connectivity index (χ0n) is 16.2. The van der Waals surface area contributed by atoms with Gasteiger partial charge in [-0.25, -0.2) is 13.3 Å². The summed E-state index contributed by atoms with van der Waals surface area (Å²) in [5.74, 6) is -0.534. The molecule has 0 amide bonds. The minimum atomic E-state index is -2.15. The number of aryl methyl sites for hydroxylation is 2. The molecule has 3 rings (SSSR count). The van der Waals surface area contributed by atoms with Crippen LogP contribution in [0.2, 0.25) is 0 Å². The van der Waals surface area contributed by atoms with Crippen molar-refractivity contribution in [3.63, 3.8) is 0 Å². The third-order valence-corrected chi connectivity index (χ3v) is 6.61. The molecule has 0 aromatic heterocycles. The molecule has 1 unspecified atom stereocenters. The van der Waals surface area contributed by atoms with E-state index in [9.17, 15) is 9.00 Å². The predicted octanol–water partition coefficient (Wildman–Crippen LogP) is 4.63. The number of halogens is 1. The van der Waals surface area contributed by atoms with E-state index in [0.29, 0.717) is 17.5 Å². The van der Waals surface area contributed by atoms with Gasteiger partial charge in [0.25, 0.3) is 0 Å². The van der Waals surface area contributed by atoms with E-state index in [1.807, 2.05) is 64.1 Å². The maximum Gasteiger partial charge on any atom is 0.202 e. The van der Waals surface area contributed by atoms with Gasteiger partial charge in [0.05, 0.1) is 21.8 Å². The van der Waals surface area contributed by atoms with Crippen LogP contribution in [0.25, 0.3) is 0 Å². The number of nitrogens with one attached hydrogen (secondary N) is 1. The van der Waals surface area contributed by atoms with Crippen LogP contribution in [-0.4, -0.2) is 20.4 Å². The van der Waals surface area contributed by atoms with Crippen LogP contribution in [0.1, 0.15) is 60.3 Å². The molecule has 2 aromatic carbocycles. The summed E-state index contributed by atoms with van der Waals surface area (Å²) in [7, 11) is -1.52. The smallest absolute Gasteiger partial charge is 0.202 e. The molecule has 0 radical (unpaired) electrons. The Balaban J connectivity index is 2.05. The number of hydrogen-bond donors (Lipinski definition) is 1. The fraction of sp³-hybridized carbons (Fsp3) is 0.409. The molecule has 5 heteroatoms. The molecule has 1 aliphatic rings. The third-order valence-electron chi connectivity index (χ3n) is 5.05. The van der Waals surface area contributed by atoms with Crippen molar-refractivity contribution >= 4 is 16.8 Å². The largest absolute Gasteiger partial charge is 0.290 e. The number of benzene rings is 2. The van der Waals surface area contributed by atoms with E-state index >= 15 is 4.39 Å². The van der Waals surface area contributed by atoms with E-state index in [1.165, 1.54) is 0 Å². The van der Waals surface area contributed by atoms with E-state index < -0.39 is 33.2 Å². The van der Waals surface area contributed by atoms with E-state index in [2.05, 4.69) is 4.72 Å². The van der Waals surface area contributed by atoms with Crippen LogP contribution in [0, 0.1) is 6.92 Å². The SMILES string of the molecule is Cc1ccc([C@@H](NS(=O)C(C)(C)C)[C@@]2(F)CCc3ccccc3C2=O)cc1. The van der Waals surface area contributed by atoms with Crippen molar-refractivity contribution in [3.8, 4) is 0 Å². The Bertz CT molecular complexity index is 873. The highest BCUT2D eigenvalue weighted by molar-refractivity contribution is 7.84. The van der Waals surface area contributed by atoms with Crippen molar-refractivity contribution in [1.29, 1.82) is 0 Å². The molecule has 3 atom stereocenters. The minimum Gasteiger partial charge on any atom is -0.290 e. The summed E-state index contributed by atoms with van der Waals surface area (Å²) in [5, 5.41) is 0. The van der Waals surface area contributed by atoms with Gasteiger partial charge < -0.3 is 0 Å². The second-order valence-electron chi connectivity index (χ2n) is 8.19. The average molecular weight is 388 g/mol. The summed E-state index contributed by atoms with van der Waals surface area (Å²) >= 11 is 0. The van der Waals surface area contributed by atoms with Gasteiger partial charge in [0.2, 0.25) is 5.78 Å². The first kappa shape index (κ1) is 19.9. The molecular formula is C22H26FNO2S. The Morgan fingerprint density at radius 3 is 2.37 bits per heavy atom. The van der Waals surface area contributed by atoms with Gasteiger partial charge in [-0.05, 0) is 51.7 Å². The van der Waals surface area contributed by atoms with Gasteiger partial charge in [0.15, 0.2) is 5.67 Å². The Morgan fingerprint density at radius 2 is 1.74 bits per heavy atom. The molecule has 0 bridgehead atoms. The van der Waals surface area contributed by atoms with Crippen LogP contribution in [0.15, 0.2) is 48.5 Å². The van der Waals surface area contributed by atoms with Crippen LogP contribution >= 0.6 is 0 Å². The first-order valence-corrected chi connectivity index (χ1v) is 10.3. The zero-order chi connectivity index (χ0) is 19.8. The molecule has 0 aliphatic heterocycles. The highest BCUT2D eigenvalue weighted by Crippen LogP contribution is 2.41. The van der Waals surface area contributed by atoms with Crippen LogP contribution in [0.3, 0.4) is 0 Å². The Morgan fingerprint density at radius 1 is 1.11 bits per heavy atom. The van der Waals surface area contributed by atoms with Crippen molar-refractivity contribution < 1.29 is 13.4 Å². The highest BCUT2D eigenvalue weighted by atomic mass is 32.2. The molecule has 0 saturated heterocycles. The number of fused-ring (bicyclic) bond motifs is 1. The lowest BCUT2D eigenvalue weighted by atomic mass is 9.75. The maximum atomic E-state index is 16.3. The quantitative estimate of drug-likeness (QED) is 0.832. The second-order valence-corrected chi connectivity index (χ2v) is 10.2. The zero-order valence-corrected chi connectivity index (χ0v) is 17.0. The molecule has 1 N–H and O–H groups in total. The number of carbonyl (C=O) groups is 1. The first-order valence-electron chi connectivity index (χ1n) is 9.19. The molecule has 144 valence electrons. The summed E-state index contributed by atoms with van der Waals surface area (Å²) < 4.78 is 31.4. The summed E-state index contributed by atoms with van der Waals surface area (Å²) in [6.07, 6.45) is 0.542. The van der Waals surface area contributed by atoms with Crippen LogP contribution in [-0.2, 0) is 17.4 Å². The van der Waals surface area contributed by atoms with Crippen LogP contribution in [0.5, 0.6) is 0 Å². The van der Waals surface area contributed by atoms with E-state index in [0.717, 1.165) is 11.1 Å². The van der Waals surface area contributed by atoms with E-state index in [1.54, 1.807) is 12.1 Å². The molecule has 0 heterocycles. The average Bonchev–Trinajstić information content (AvgIpc) is 2.63. The molecule has 27 heavy (non-hydrogen) atoms. The molecule has 2 aromatic rings. The van der Waals surface area contributed by atoms with Gasteiger partial charge in [0, 0.05) is 5.56 Å². The summed E-state index contributed by atoms with van der Waals surface area (Å²) in [4.78, 5) is 13.1. The van der Waals surface area contributed by atoms with Gasteiger partial charge in [-0.3, -0.25) is 4.79 Å². The normalized spacial score (nSPS) is 22.2. The summed E-state index contributed by atoms with van der Waals surface area (Å²) in [6, 6.07) is 13.6. The minimum absolute atomic E-state index is 0.0652. The van der Waals surface area contributed by atoms with Crippen molar-refractivity contribution in [2.75, 3.05) is 0 Å². The first-order chi connectivity index (χ1) is 12.6. The molecular weight excluding hydrogens is 361 g/mol.